The summed E-state index contributed by atoms with van der Waals surface area (Å²) >= 11 is 7.90. The van der Waals surface area contributed by atoms with Gasteiger partial charge in [0.25, 0.3) is 0 Å². The normalized spacial score (nSPS) is 20.1. The molecule has 0 aliphatic carbocycles. The fraction of sp³-hybridized carbons (Fsp3) is 0.281. The number of benzene rings is 2. The van der Waals surface area contributed by atoms with Crippen molar-refractivity contribution in [3.63, 3.8) is 0 Å². The Kier molecular flexibility index (Phi) is 8.05. The molecular formula is C32H30ClFN8O3S. The van der Waals surface area contributed by atoms with E-state index in [2.05, 4.69) is 25.2 Å². The number of esters is 1. The number of aromatic amines is 1. The summed E-state index contributed by atoms with van der Waals surface area (Å²) in [6, 6.07) is 11.0. The first-order valence-electron chi connectivity index (χ1n) is 14.7. The first kappa shape index (κ1) is 30.1. The summed E-state index contributed by atoms with van der Waals surface area (Å²) in [5, 5.41) is 5.97. The number of nitrogens with zero attached hydrogens (tertiary/aromatic N) is 6. The maximum absolute atomic E-state index is 14.0. The maximum atomic E-state index is 14.0. The van der Waals surface area contributed by atoms with Gasteiger partial charge in [-0.2, -0.15) is 0 Å². The van der Waals surface area contributed by atoms with Crippen LogP contribution in [0, 0.1) is 12.7 Å². The third-order valence-corrected chi connectivity index (χ3v) is 9.54. The van der Waals surface area contributed by atoms with Gasteiger partial charge >= 0.3 is 12.0 Å². The second-order valence-electron chi connectivity index (χ2n) is 11.3. The van der Waals surface area contributed by atoms with E-state index in [0.29, 0.717) is 54.8 Å². The largest absolute Gasteiger partial charge is 0.466 e. The number of anilines is 1. The van der Waals surface area contributed by atoms with Gasteiger partial charge in [0.2, 0.25) is 0 Å². The average molecular weight is 661 g/mol. The van der Waals surface area contributed by atoms with Crippen LogP contribution in [0.25, 0.3) is 11.3 Å². The number of halogens is 2. The Morgan fingerprint density at radius 3 is 2.67 bits per heavy atom. The Labute approximate surface area is 273 Å². The second-order valence-corrected chi connectivity index (χ2v) is 12.6. The van der Waals surface area contributed by atoms with Crippen molar-refractivity contribution in [1.82, 2.24) is 30.1 Å². The number of aryl methyl sites for hydroxylation is 1. The Morgan fingerprint density at radius 1 is 1.15 bits per heavy atom. The molecule has 11 nitrogen and oxygen atoms in total. The number of amidine groups is 1. The predicted octanol–water partition coefficient (Wildman–Crippen LogP) is 4.78. The molecule has 236 valence electrons. The summed E-state index contributed by atoms with van der Waals surface area (Å²) in [6.45, 7) is 4.53. The molecule has 3 aliphatic heterocycles. The fourth-order valence-electron chi connectivity index (χ4n) is 6.21. The van der Waals surface area contributed by atoms with Crippen molar-refractivity contribution in [3.05, 3.63) is 98.7 Å². The van der Waals surface area contributed by atoms with Crippen LogP contribution in [-0.2, 0) is 9.53 Å². The van der Waals surface area contributed by atoms with E-state index < -0.39 is 17.8 Å². The summed E-state index contributed by atoms with van der Waals surface area (Å²) in [5.41, 5.74) is 4.11. The van der Waals surface area contributed by atoms with Crippen molar-refractivity contribution in [2.75, 3.05) is 44.7 Å². The molecule has 5 heterocycles. The zero-order valence-electron chi connectivity index (χ0n) is 25.0. The molecule has 2 atom stereocenters. The van der Waals surface area contributed by atoms with Crippen molar-refractivity contribution in [2.24, 2.45) is 4.99 Å². The van der Waals surface area contributed by atoms with Crippen LogP contribution < -0.4 is 10.2 Å². The van der Waals surface area contributed by atoms with Crippen LogP contribution >= 0.6 is 22.9 Å². The average Bonchev–Trinajstić information content (AvgIpc) is 3.82. The number of rotatable bonds is 7. The van der Waals surface area contributed by atoms with E-state index in [9.17, 15) is 14.0 Å². The molecule has 2 aromatic carbocycles. The molecule has 2 saturated heterocycles. The van der Waals surface area contributed by atoms with Crippen molar-refractivity contribution in [3.8, 4) is 11.3 Å². The van der Waals surface area contributed by atoms with Gasteiger partial charge in [-0.15, -0.1) is 11.3 Å². The van der Waals surface area contributed by atoms with Crippen LogP contribution in [0.1, 0.15) is 22.4 Å². The minimum Gasteiger partial charge on any atom is -0.466 e. The summed E-state index contributed by atoms with van der Waals surface area (Å²) in [5.74, 6) is 0.272. The second kappa shape index (κ2) is 12.3. The van der Waals surface area contributed by atoms with Crippen LogP contribution in [0.5, 0.6) is 0 Å². The molecule has 2 amide bonds. The van der Waals surface area contributed by atoms with E-state index in [0.717, 1.165) is 22.8 Å². The lowest BCUT2D eigenvalue weighted by atomic mass is 9.95. The number of carbonyl (C=O) groups is 2. The standard InChI is InChI=1S/C32H30ClFN8O3S/c1-18-36-14-25(37-18)19-3-6-21(7-4-19)42-16-22-15-40(10-11-41(22)32(42)44)17-26-27(31(43)45-2)28(23-8-5-20(34)13-24(23)33)39-29(38-26)30-35-9-12-46-30/h3-9,12-14,22,28H,10-11,15-17H2,1-2H3,(H,36,37)(H,38,39)/t22-,28?/m0/s1. The van der Waals surface area contributed by atoms with E-state index in [1.54, 1.807) is 12.4 Å². The van der Waals surface area contributed by atoms with E-state index >= 15 is 0 Å². The molecule has 3 aliphatic rings. The number of ether oxygens (including phenoxy) is 1. The Morgan fingerprint density at radius 2 is 1.98 bits per heavy atom. The summed E-state index contributed by atoms with van der Waals surface area (Å²) < 4.78 is 19.2. The van der Waals surface area contributed by atoms with E-state index in [1.807, 2.05) is 46.4 Å². The van der Waals surface area contributed by atoms with Gasteiger partial charge < -0.3 is 19.9 Å². The van der Waals surface area contributed by atoms with Gasteiger partial charge in [-0.25, -0.2) is 23.9 Å². The lowest BCUT2D eigenvalue weighted by Crippen LogP contribution is -2.53. The number of imidazole rings is 1. The number of nitrogens with one attached hydrogen (secondary N) is 2. The van der Waals surface area contributed by atoms with Crippen molar-refractivity contribution in [1.29, 1.82) is 0 Å². The number of thiazole rings is 1. The number of urea groups is 1. The third kappa shape index (κ3) is 5.65. The van der Waals surface area contributed by atoms with Gasteiger partial charge in [0, 0.05) is 66.3 Å². The van der Waals surface area contributed by atoms with Crippen LogP contribution in [0.15, 0.2) is 76.5 Å². The highest BCUT2D eigenvalue weighted by molar-refractivity contribution is 7.11. The number of hydrogen-bond acceptors (Lipinski definition) is 9. The molecule has 0 spiro atoms. The SMILES string of the molecule is COC(=O)C1=C(CN2CCN3C(=O)N(c4ccc(-c5cnc(C)[nH]5)cc4)C[C@@H]3C2)NC(c2nccs2)=NC1c1ccc(F)cc1Cl. The Hall–Kier alpha value is -4.59. The molecular weight excluding hydrogens is 631 g/mol. The Bertz CT molecular complexity index is 1860. The number of aromatic nitrogens is 3. The topological polar surface area (TPSA) is 119 Å². The van der Waals surface area contributed by atoms with E-state index in [4.69, 9.17) is 21.3 Å². The molecule has 14 heteroatoms. The molecule has 2 aromatic heterocycles. The molecule has 1 unspecified atom stereocenters. The van der Waals surface area contributed by atoms with Gasteiger partial charge in [0.1, 0.15) is 17.7 Å². The van der Waals surface area contributed by atoms with E-state index in [-0.39, 0.29) is 22.7 Å². The van der Waals surface area contributed by atoms with E-state index in [1.165, 1.54) is 36.6 Å². The van der Waals surface area contributed by atoms with Crippen LogP contribution in [0.4, 0.5) is 14.9 Å². The molecule has 4 aromatic rings. The van der Waals surface area contributed by atoms with Crippen molar-refractivity contribution < 1.29 is 18.7 Å². The van der Waals surface area contributed by atoms with Gasteiger partial charge in [-0.3, -0.25) is 14.8 Å². The number of amides is 2. The van der Waals surface area contributed by atoms with Crippen LogP contribution in [0.3, 0.4) is 0 Å². The molecule has 7 rings (SSSR count). The highest BCUT2D eigenvalue weighted by atomic mass is 35.5. The molecule has 0 saturated carbocycles. The van der Waals surface area contributed by atoms with Gasteiger partial charge in [-0.05, 0) is 36.8 Å². The van der Waals surface area contributed by atoms with Gasteiger partial charge in [0.15, 0.2) is 10.8 Å². The number of methoxy groups -OCH3 is 1. The lowest BCUT2D eigenvalue weighted by molar-refractivity contribution is -0.136. The number of aliphatic imine (C=N–C) groups is 1. The zero-order chi connectivity index (χ0) is 31.9. The van der Waals surface area contributed by atoms with Crippen LogP contribution in [-0.4, -0.2) is 88.5 Å². The summed E-state index contributed by atoms with van der Waals surface area (Å²) in [4.78, 5) is 49.5. The molecule has 2 fully saturated rings. The number of fused-ring (bicyclic) bond motifs is 1. The number of carbonyl (C=O) groups excluding carboxylic acids is 2. The number of H-pyrrole nitrogens is 1. The van der Waals surface area contributed by atoms with Crippen LogP contribution in [0.2, 0.25) is 5.02 Å². The minimum absolute atomic E-state index is 0.0238. The van der Waals surface area contributed by atoms with Gasteiger partial charge in [0.05, 0.1) is 30.6 Å². The lowest BCUT2D eigenvalue weighted by Gasteiger charge is -2.38. The Balaban J connectivity index is 1.14. The maximum Gasteiger partial charge on any atom is 0.338 e. The quantitative estimate of drug-likeness (QED) is 0.274. The molecule has 46 heavy (non-hydrogen) atoms. The summed E-state index contributed by atoms with van der Waals surface area (Å²) in [7, 11) is 1.32. The number of piperazine rings is 1. The third-order valence-electron chi connectivity index (χ3n) is 8.43. The fourth-order valence-corrected chi connectivity index (χ4v) is 7.07. The highest BCUT2D eigenvalue weighted by Gasteiger charge is 2.42. The highest BCUT2D eigenvalue weighted by Crippen LogP contribution is 2.37. The smallest absolute Gasteiger partial charge is 0.338 e. The first-order valence-corrected chi connectivity index (χ1v) is 16.0. The first-order chi connectivity index (χ1) is 22.3. The zero-order valence-corrected chi connectivity index (χ0v) is 26.6. The number of hydrogen-bond donors (Lipinski definition) is 2. The molecule has 0 radical (unpaired) electrons. The van der Waals surface area contributed by atoms with Gasteiger partial charge in [-0.1, -0.05) is 29.8 Å². The monoisotopic (exact) mass is 660 g/mol. The van der Waals surface area contributed by atoms with Crippen molar-refractivity contribution >= 4 is 46.5 Å². The molecule has 2 N–H and O–H groups in total. The summed E-state index contributed by atoms with van der Waals surface area (Å²) in [6.07, 6.45) is 3.47. The minimum atomic E-state index is -0.839. The van der Waals surface area contributed by atoms with Crippen molar-refractivity contribution in [2.45, 2.75) is 19.0 Å². The molecule has 0 bridgehead atoms. The predicted molar refractivity (Wildman–Crippen MR) is 173 cm³/mol.